The summed E-state index contributed by atoms with van der Waals surface area (Å²) in [6.45, 7) is 5.19. The van der Waals surface area contributed by atoms with Gasteiger partial charge in [0.1, 0.15) is 17.5 Å². The van der Waals surface area contributed by atoms with Gasteiger partial charge in [-0.15, -0.1) is 0 Å². The molecule has 0 radical (unpaired) electrons. The van der Waals surface area contributed by atoms with Gasteiger partial charge in [-0.2, -0.15) is 0 Å². The molecule has 0 unspecified atom stereocenters. The number of hydrogen-bond acceptors (Lipinski definition) is 5. The molecule has 0 aliphatic carbocycles. The quantitative estimate of drug-likeness (QED) is 0.538. The van der Waals surface area contributed by atoms with Crippen LogP contribution in [0.25, 0.3) is 10.9 Å². The van der Waals surface area contributed by atoms with E-state index < -0.39 is 0 Å². The molecule has 1 fully saturated rings. The van der Waals surface area contributed by atoms with E-state index in [0.717, 1.165) is 47.0 Å². The van der Waals surface area contributed by atoms with E-state index in [1.165, 1.54) is 19.3 Å². The first-order valence-electron chi connectivity index (χ1n) is 10.4. The van der Waals surface area contributed by atoms with Crippen molar-refractivity contribution in [2.45, 2.75) is 32.6 Å². The van der Waals surface area contributed by atoms with Gasteiger partial charge in [-0.1, -0.05) is 18.2 Å². The average Bonchev–Trinajstić information content (AvgIpc) is 3.14. The number of hydrogen-bond donors (Lipinski definition) is 3. The number of carbonyl (C=O) groups is 1. The van der Waals surface area contributed by atoms with Crippen molar-refractivity contribution in [3.63, 3.8) is 0 Å². The molecular formula is C22H28N6O. The van der Waals surface area contributed by atoms with E-state index in [2.05, 4.69) is 30.5 Å². The van der Waals surface area contributed by atoms with Gasteiger partial charge in [0.15, 0.2) is 0 Å². The zero-order valence-electron chi connectivity index (χ0n) is 16.9. The van der Waals surface area contributed by atoms with Crippen molar-refractivity contribution >= 4 is 28.4 Å². The Labute approximate surface area is 170 Å². The van der Waals surface area contributed by atoms with Gasteiger partial charge >= 0.3 is 0 Å². The SMILES string of the molecule is Cc1nc(NCCNC(=O)Cc2c[nH]c3ccccc23)cc(N2CCCCC2)n1. The molecule has 152 valence electrons. The predicted molar refractivity (Wildman–Crippen MR) is 116 cm³/mol. The first kappa shape index (κ1) is 19.2. The van der Waals surface area contributed by atoms with Gasteiger partial charge in [-0.05, 0) is 37.8 Å². The maximum absolute atomic E-state index is 12.3. The Balaban J connectivity index is 1.27. The highest BCUT2D eigenvalue weighted by Crippen LogP contribution is 2.20. The lowest BCUT2D eigenvalue weighted by Gasteiger charge is -2.28. The van der Waals surface area contributed by atoms with Crippen molar-refractivity contribution in [2.24, 2.45) is 0 Å². The Morgan fingerprint density at radius 3 is 2.83 bits per heavy atom. The van der Waals surface area contributed by atoms with Crippen LogP contribution in [0.1, 0.15) is 30.7 Å². The summed E-state index contributed by atoms with van der Waals surface area (Å²) in [5.74, 6) is 2.58. The van der Waals surface area contributed by atoms with E-state index in [-0.39, 0.29) is 5.91 Å². The number of rotatable bonds is 7. The summed E-state index contributed by atoms with van der Waals surface area (Å²) in [6.07, 6.45) is 6.01. The van der Waals surface area contributed by atoms with Gasteiger partial charge < -0.3 is 20.5 Å². The van der Waals surface area contributed by atoms with Crippen LogP contribution in [0.4, 0.5) is 11.6 Å². The zero-order chi connectivity index (χ0) is 20.1. The van der Waals surface area contributed by atoms with Gasteiger partial charge in [0.25, 0.3) is 0 Å². The lowest BCUT2D eigenvalue weighted by atomic mass is 10.1. The fourth-order valence-corrected chi connectivity index (χ4v) is 3.83. The predicted octanol–water partition coefficient (Wildman–Crippen LogP) is 3.03. The summed E-state index contributed by atoms with van der Waals surface area (Å²) < 4.78 is 0. The smallest absolute Gasteiger partial charge is 0.224 e. The number of amides is 1. The Morgan fingerprint density at radius 1 is 1.14 bits per heavy atom. The largest absolute Gasteiger partial charge is 0.368 e. The molecule has 7 nitrogen and oxygen atoms in total. The molecule has 3 heterocycles. The van der Waals surface area contributed by atoms with Crippen molar-refractivity contribution in [3.05, 3.63) is 47.9 Å². The summed E-state index contributed by atoms with van der Waals surface area (Å²) >= 11 is 0. The van der Waals surface area contributed by atoms with Gasteiger partial charge in [0.2, 0.25) is 5.91 Å². The monoisotopic (exact) mass is 392 g/mol. The summed E-state index contributed by atoms with van der Waals surface area (Å²) in [4.78, 5) is 26.9. The third-order valence-corrected chi connectivity index (χ3v) is 5.28. The number of benzene rings is 1. The highest BCUT2D eigenvalue weighted by Gasteiger charge is 2.14. The first-order chi connectivity index (χ1) is 14.2. The fraction of sp³-hybridized carbons (Fsp3) is 0.409. The topological polar surface area (TPSA) is 85.9 Å². The van der Waals surface area contributed by atoms with E-state index in [0.29, 0.717) is 19.5 Å². The molecule has 3 N–H and O–H groups in total. The van der Waals surface area contributed by atoms with E-state index >= 15 is 0 Å². The first-order valence-corrected chi connectivity index (χ1v) is 10.4. The van der Waals surface area contributed by atoms with E-state index in [1.54, 1.807) is 0 Å². The minimum absolute atomic E-state index is 0.0180. The zero-order valence-corrected chi connectivity index (χ0v) is 16.9. The maximum atomic E-state index is 12.3. The number of carbonyl (C=O) groups excluding carboxylic acids is 1. The summed E-state index contributed by atoms with van der Waals surface area (Å²) in [7, 11) is 0. The lowest BCUT2D eigenvalue weighted by molar-refractivity contribution is -0.120. The minimum atomic E-state index is 0.0180. The third-order valence-electron chi connectivity index (χ3n) is 5.28. The van der Waals surface area contributed by atoms with Gasteiger partial charge in [0.05, 0.1) is 6.42 Å². The third kappa shape index (κ3) is 4.85. The highest BCUT2D eigenvalue weighted by molar-refractivity contribution is 5.88. The number of H-pyrrole nitrogens is 1. The molecule has 1 aliphatic heterocycles. The van der Waals surface area contributed by atoms with Crippen LogP contribution in [0.3, 0.4) is 0 Å². The second-order valence-electron chi connectivity index (χ2n) is 7.52. The second-order valence-corrected chi connectivity index (χ2v) is 7.52. The Hall–Kier alpha value is -3.09. The molecule has 1 saturated heterocycles. The van der Waals surface area contributed by atoms with Crippen LogP contribution in [0, 0.1) is 6.92 Å². The van der Waals surface area contributed by atoms with E-state index in [9.17, 15) is 4.79 Å². The van der Waals surface area contributed by atoms with Crippen LogP contribution in [0.5, 0.6) is 0 Å². The summed E-state index contributed by atoms with van der Waals surface area (Å²) in [5, 5.41) is 7.39. The number of nitrogens with one attached hydrogen (secondary N) is 3. The average molecular weight is 393 g/mol. The maximum Gasteiger partial charge on any atom is 0.224 e. The number of aromatic amines is 1. The van der Waals surface area contributed by atoms with Crippen LogP contribution < -0.4 is 15.5 Å². The molecule has 2 aromatic heterocycles. The molecule has 1 aliphatic rings. The number of piperidine rings is 1. The van der Waals surface area contributed by atoms with Crippen LogP contribution in [-0.4, -0.2) is 47.0 Å². The number of para-hydroxylation sites is 1. The number of nitrogens with zero attached hydrogens (tertiary/aromatic N) is 3. The van der Waals surface area contributed by atoms with Gasteiger partial charge in [-0.25, -0.2) is 9.97 Å². The van der Waals surface area contributed by atoms with Crippen LogP contribution >= 0.6 is 0 Å². The van der Waals surface area contributed by atoms with E-state index in [1.807, 2.05) is 43.5 Å². The molecule has 0 spiro atoms. The van der Waals surface area contributed by atoms with Crippen molar-refractivity contribution in [1.82, 2.24) is 20.3 Å². The second kappa shape index (κ2) is 8.94. The van der Waals surface area contributed by atoms with E-state index in [4.69, 9.17) is 0 Å². The number of anilines is 2. The Bertz CT molecular complexity index is 976. The van der Waals surface area contributed by atoms with Crippen LogP contribution in [0.15, 0.2) is 36.5 Å². The number of aryl methyl sites for hydroxylation is 1. The van der Waals surface area contributed by atoms with Crippen LogP contribution in [-0.2, 0) is 11.2 Å². The molecular weight excluding hydrogens is 364 g/mol. The Kier molecular flexibility index (Phi) is 5.93. The molecule has 0 atom stereocenters. The van der Waals surface area contributed by atoms with Crippen molar-refractivity contribution < 1.29 is 4.79 Å². The van der Waals surface area contributed by atoms with Gasteiger partial charge in [-0.3, -0.25) is 4.79 Å². The number of aromatic nitrogens is 3. The van der Waals surface area contributed by atoms with Crippen LogP contribution in [0.2, 0.25) is 0 Å². The van der Waals surface area contributed by atoms with Crippen molar-refractivity contribution in [2.75, 3.05) is 36.4 Å². The summed E-state index contributed by atoms with van der Waals surface area (Å²) in [6, 6.07) is 10.0. The highest BCUT2D eigenvalue weighted by atomic mass is 16.1. The Morgan fingerprint density at radius 2 is 1.97 bits per heavy atom. The fourth-order valence-electron chi connectivity index (χ4n) is 3.83. The molecule has 0 bridgehead atoms. The summed E-state index contributed by atoms with van der Waals surface area (Å²) in [5.41, 5.74) is 2.07. The molecule has 1 aromatic carbocycles. The molecule has 7 heteroatoms. The molecule has 1 amide bonds. The van der Waals surface area contributed by atoms with Crippen molar-refractivity contribution in [3.8, 4) is 0 Å². The number of fused-ring (bicyclic) bond motifs is 1. The standard InChI is InChI=1S/C22H28N6O/c1-16-26-20(14-21(27-16)28-11-5-2-6-12-28)23-9-10-24-22(29)13-17-15-25-19-8-4-3-7-18(17)19/h3-4,7-8,14-15,25H,2,5-6,9-13H2,1H3,(H,24,29)(H,23,26,27). The van der Waals surface area contributed by atoms with Gasteiger partial charge in [0, 0.05) is 49.3 Å². The molecule has 29 heavy (non-hydrogen) atoms. The normalized spacial score (nSPS) is 14.2. The van der Waals surface area contributed by atoms with Crippen molar-refractivity contribution in [1.29, 1.82) is 0 Å². The molecule has 0 saturated carbocycles. The minimum Gasteiger partial charge on any atom is -0.368 e. The molecule has 4 rings (SSSR count). The molecule has 3 aromatic rings. The lowest BCUT2D eigenvalue weighted by Crippen LogP contribution is -2.31.